The minimum absolute atomic E-state index is 0.0258. The molecule has 0 unspecified atom stereocenters. The molecular weight excluding hydrogens is 883 g/mol. The number of hydrogen-bond donors (Lipinski definition) is 0. The Hall–Kier alpha value is -4.52. The van der Waals surface area contributed by atoms with Gasteiger partial charge in [0.25, 0.3) is 14.4 Å². The van der Waals surface area contributed by atoms with Gasteiger partial charge < -0.3 is 37.3 Å². The molecule has 12 nitrogen and oxygen atoms in total. The molecule has 2 aliphatic heterocycles. The average Bonchev–Trinajstić information content (AvgIpc) is 3.29. The molecule has 8 atom stereocenters. The summed E-state index contributed by atoms with van der Waals surface area (Å²) in [6, 6.07) is 38.1. The zero-order chi connectivity index (χ0) is 48.4. The summed E-state index contributed by atoms with van der Waals surface area (Å²) in [7, 11) is -5.58. The number of carbonyl (C=O) groups is 1. The van der Waals surface area contributed by atoms with Crippen LogP contribution in [0.5, 0.6) is 0 Å². The summed E-state index contributed by atoms with van der Waals surface area (Å²) >= 11 is 0. The van der Waals surface area contributed by atoms with Crippen molar-refractivity contribution in [2.75, 3.05) is 13.2 Å². The molecule has 0 amide bonds. The minimum Gasteiger partial charge on any atom is -0.492 e. The summed E-state index contributed by atoms with van der Waals surface area (Å²) in [5, 5.41) is 15.4. The van der Waals surface area contributed by atoms with E-state index < -0.39 is 81.5 Å². The van der Waals surface area contributed by atoms with E-state index in [2.05, 4.69) is 86.6 Å². The van der Waals surface area contributed by atoms with Gasteiger partial charge in [-0.25, -0.2) is 0 Å². The number of hydrogen-bond acceptors (Lipinski definition) is 11. The second-order valence-corrected chi connectivity index (χ2v) is 29.4. The molecule has 1 saturated heterocycles. The largest absolute Gasteiger partial charge is 0.492 e. The van der Waals surface area contributed by atoms with Crippen molar-refractivity contribution in [1.82, 2.24) is 0 Å². The van der Waals surface area contributed by atoms with Crippen molar-refractivity contribution < 1.29 is 47.0 Å². The van der Waals surface area contributed by atoms with Gasteiger partial charge in [0.2, 0.25) is 14.6 Å². The van der Waals surface area contributed by atoms with Crippen LogP contribution in [-0.4, -0.2) is 89.7 Å². The first kappa shape index (κ1) is 51.9. The van der Waals surface area contributed by atoms with E-state index >= 15 is 0 Å². The van der Waals surface area contributed by atoms with Crippen LogP contribution in [0.3, 0.4) is 0 Å². The van der Waals surface area contributed by atoms with E-state index in [1.54, 1.807) is 6.08 Å². The molecule has 0 bridgehead atoms. The summed E-state index contributed by atoms with van der Waals surface area (Å²) < 4.78 is 53.8. The fraction of sp³-hybridized carbons (Fsp3) is 0.491. The van der Waals surface area contributed by atoms with Gasteiger partial charge in [-0.1, -0.05) is 184 Å². The lowest BCUT2D eigenvalue weighted by Crippen LogP contribution is -2.69. The number of ether oxygens (including phenoxy) is 6. The summed E-state index contributed by atoms with van der Waals surface area (Å²) in [5.74, 6) is -0.562. The highest BCUT2D eigenvalue weighted by Crippen LogP contribution is 2.43. The Kier molecular flexibility index (Phi) is 18.0. The summed E-state index contributed by atoms with van der Waals surface area (Å²) in [5.41, 5.74) is 2.56. The summed E-state index contributed by atoms with van der Waals surface area (Å²) in [6.07, 6.45) is -4.41. The van der Waals surface area contributed by atoms with Crippen molar-refractivity contribution in [3.63, 3.8) is 0 Å². The Morgan fingerprint density at radius 3 is 1.58 bits per heavy atom. The highest BCUT2D eigenvalue weighted by atomic mass is 28.4. The lowest BCUT2D eigenvalue weighted by Gasteiger charge is -2.47. The molecule has 362 valence electrons. The maximum absolute atomic E-state index is 13.6. The number of carbonyl (C=O) groups excluding carboxylic acids is 1. The van der Waals surface area contributed by atoms with Gasteiger partial charge in [0, 0.05) is 11.8 Å². The third-order valence-corrected chi connectivity index (χ3v) is 24.4. The Labute approximate surface area is 399 Å². The highest BCUT2D eigenvalue weighted by molar-refractivity contribution is 6.99. The molecular formula is C53H71NO11Si2. The van der Waals surface area contributed by atoms with Crippen LogP contribution in [0.2, 0.25) is 21.7 Å². The Bertz CT molecular complexity index is 2110. The van der Waals surface area contributed by atoms with Gasteiger partial charge in [0.15, 0.2) is 18.3 Å². The third-order valence-electron chi connectivity index (χ3n) is 13.3. The first-order chi connectivity index (χ1) is 32.0. The Balaban J connectivity index is 1.43. The lowest BCUT2D eigenvalue weighted by molar-refractivity contribution is -0.578. The van der Waals surface area contributed by atoms with E-state index in [9.17, 15) is 14.9 Å². The van der Waals surface area contributed by atoms with E-state index in [-0.39, 0.29) is 43.1 Å². The second-order valence-electron chi connectivity index (χ2n) is 19.6. The molecule has 6 rings (SSSR count). The minimum atomic E-state index is -3.18. The van der Waals surface area contributed by atoms with E-state index in [0.29, 0.717) is 0 Å². The molecule has 1 fully saturated rings. The second kappa shape index (κ2) is 23.2. The monoisotopic (exact) mass is 953 g/mol. The summed E-state index contributed by atoms with van der Waals surface area (Å²) in [6.45, 7) is 21.3. The van der Waals surface area contributed by atoms with Gasteiger partial charge in [-0.3, -0.25) is 14.9 Å². The number of nitro groups is 1. The standard InChI is InChI=1S/C53H71NO11Si2/c1-37(2)66(38(3)4,39(5)6)61-35-46-49(63-40(7)55)45(31-32-58-46)64-52-48(54(56)57)51(60-34-42-25-17-12-18-26-42)50(59-33-41-23-15-11-16-24-41)47(65-52)36-62-67(53(8,9)10,43-27-19-13-20-28-43)44-29-21-14-22-30-44/h11-32,37-39,45-52H,33-36H2,1-10H3/t45-,46-,47-,48-,49-,50+,51-,52+/m1/s1. The molecule has 0 spiro atoms. The first-order valence-corrected chi connectivity index (χ1v) is 27.7. The molecule has 0 aliphatic carbocycles. The van der Waals surface area contributed by atoms with Gasteiger partial charge in [0.05, 0.1) is 32.7 Å². The molecule has 67 heavy (non-hydrogen) atoms. The van der Waals surface area contributed by atoms with Crippen molar-refractivity contribution in [3.05, 3.63) is 155 Å². The van der Waals surface area contributed by atoms with Crippen LogP contribution in [-0.2, 0) is 55.3 Å². The molecule has 0 aromatic heterocycles. The van der Waals surface area contributed by atoms with E-state index in [0.717, 1.165) is 21.5 Å². The zero-order valence-electron chi connectivity index (χ0n) is 40.8. The number of nitrogens with zero attached hydrogens (tertiary/aromatic N) is 1. The van der Waals surface area contributed by atoms with Crippen LogP contribution in [0, 0.1) is 10.1 Å². The van der Waals surface area contributed by atoms with Crippen molar-refractivity contribution in [2.45, 2.75) is 153 Å². The number of benzene rings is 4. The fourth-order valence-corrected chi connectivity index (χ4v) is 20.4. The van der Waals surface area contributed by atoms with E-state index in [4.69, 9.17) is 37.3 Å². The normalized spacial score (nSPS) is 23.6. The Morgan fingerprint density at radius 1 is 0.672 bits per heavy atom. The van der Waals surface area contributed by atoms with Crippen molar-refractivity contribution in [2.24, 2.45) is 0 Å². The molecule has 0 saturated carbocycles. The molecule has 0 radical (unpaired) electrons. The molecule has 4 aromatic rings. The van der Waals surface area contributed by atoms with Crippen molar-refractivity contribution in [3.8, 4) is 0 Å². The molecule has 14 heteroatoms. The van der Waals surface area contributed by atoms with E-state index in [1.165, 1.54) is 13.2 Å². The third kappa shape index (κ3) is 12.0. The zero-order valence-corrected chi connectivity index (χ0v) is 42.8. The van der Waals surface area contributed by atoms with Gasteiger partial charge in [0.1, 0.15) is 18.3 Å². The van der Waals surface area contributed by atoms with Crippen molar-refractivity contribution in [1.29, 1.82) is 0 Å². The lowest BCUT2D eigenvalue weighted by atomic mass is 9.96. The maximum Gasteiger partial charge on any atom is 0.303 e. The highest BCUT2D eigenvalue weighted by Gasteiger charge is 2.58. The first-order valence-electron chi connectivity index (χ1n) is 23.6. The number of esters is 1. The smallest absolute Gasteiger partial charge is 0.303 e. The topological polar surface area (TPSA) is 134 Å². The molecule has 2 aliphatic rings. The van der Waals surface area contributed by atoms with Crippen LogP contribution in [0.25, 0.3) is 0 Å². The van der Waals surface area contributed by atoms with Crippen LogP contribution < -0.4 is 10.4 Å². The predicted octanol–water partition coefficient (Wildman–Crippen LogP) is 9.53. The van der Waals surface area contributed by atoms with Gasteiger partial charge in [-0.15, -0.1) is 0 Å². The van der Waals surface area contributed by atoms with Crippen LogP contribution in [0.1, 0.15) is 80.4 Å². The van der Waals surface area contributed by atoms with Crippen LogP contribution in [0.4, 0.5) is 0 Å². The number of rotatable bonds is 21. The predicted molar refractivity (Wildman–Crippen MR) is 264 cm³/mol. The van der Waals surface area contributed by atoms with Crippen LogP contribution >= 0.6 is 0 Å². The van der Waals surface area contributed by atoms with Gasteiger partial charge in [-0.05, 0) is 49.2 Å². The fourth-order valence-electron chi connectivity index (χ4n) is 10.3. The van der Waals surface area contributed by atoms with Gasteiger partial charge in [-0.2, -0.15) is 0 Å². The maximum atomic E-state index is 13.6. The van der Waals surface area contributed by atoms with Crippen molar-refractivity contribution >= 4 is 33.0 Å². The van der Waals surface area contributed by atoms with Gasteiger partial charge >= 0.3 is 5.97 Å². The molecule has 2 heterocycles. The van der Waals surface area contributed by atoms with Crippen LogP contribution in [0.15, 0.2) is 134 Å². The SMILES string of the molecule is CC(=O)O[C@@H]1[C@H](O[C@H]2O[C@H](CO[Si](c3ccccc3)(c3ccccc3)C(C)(C)C)[C@H](OCc3ccccc3)[C@H](OCc3ccccc3)[C@H]2[N+](=O)[O-])C=CO[C@@H]1CO[Si](C(C)C)(C(C)C)C(C)C. The Morgan fingerprint density at radius 2 is 1.13 bits per heavy atom. The van der Waals surface area contributed by atoms with E-state index in [1.807, 2.05) is 97.1 Å². The summed E-state index contributed by atoms with van der Waals surface area (Å²) in [4.78, 5) is 26.1. The molecule has 4 aromatic carbocycles. The molecule has 0 N–H and O–H groups in total. The quantitative estimate of drug-likeness (QED) is 0.0342. The average molecular weight is 954 g/mol.